The van der Waals surface area contributed by atoms with Crippen LogP contribution in [0.4, 0.5) is 24.5 Å². The fourth-order valence-electron chi connectivity index (χ4n) is 3.33. The predicted molar refractivity (Wildman–Crippen MR) is 112 cm³/mol. The second kappa shape index (κ2) is 9.69. The molecule has 2 N–H and O–H groups in total. The topological polar surface area (TPSA) is 78.5 Å². The number of rotatable bonds is 8. The van der Waals surface area contributed by atoms with E-state index >= 15 is 0 Å². The van der Waals surface area contributed by atoms with Gasteiger partial charge in [-0.25, -0.2) is 13.1 Å². The summed E-state index contributed by atoms with van der Waals surface area (Å²) in [4.78, 5) is 13.9. The van der Waals surface area contributed by atoms with Gasteiger partial charge in [0, 0.05) is 37.4 Å². The summed E-state index contributed by atoms with van der Waals surface area (Å²) < 4.78 is 64.9. The molecule has 6 nitrogen and oxygen atoms in total. The lowest BCUT2D eigenvalue weighted by Gasteiger charge is -2.17. The van der Waals surface area contributed by atoms with Gasteiger partial charge in [0.25, 0.3) is 0 Å². The number of nitrogens with one attached hydrogen (secondary N) is 2. The van der Waals surface area contributed by atoms with Crippen LogP contribution in [0.3, 0.4) is 0 Å². The van der Waals surface area contributed by atoms with Crippen molar-refractivity contribution in [1.82, 2.24) is 4.72 Å². The first-order valence-corrected chi connectivity index (χ1v) is 11.5. The molecule has 0 aliphatic carbocycles. The minimum absolute atomic E-state index is 0.0684. The zero-order valence-electron chi connectivity index (χ0n) is 16.8. The van der Waals surface area contributed by atoms with E-state index in [-0.39, 0.29) is 25.3 Å². The standard InChI is InChI=1S/C21H24F3N3O3S/c22-21(23,24)16-5-3-6-19(15-16)31(29,30)25-12-4-7-20(28)26-17-8-10-18(11-9-17)27-13-1-2-14-27/h3,5-6,8-11,15,25H,1-2,4,7,12-14H2,(H,26,28). The van der Waals surface area contributed by atoms with E-state index in [0.717, 1.165) is 37.0 Å². The van der Waals surface area contributed by atoms with Crippen LogP contribution in [-0.2, 0) is 21.0 Å². The van der Waals surface area contributed by atoms with Crippen LogP contribution in [0.2, 0.25) is 0 Å². The van der Waals surface area contributed by atoms with E-state index in [2.05, 4.69) is 14.9 Å². The van der Waals surface area contributed by atoms with E-state index in [1.807, 2.05) is 24.3 Å². The van der Waals surface area contributed by atoms with E-state index in [4.69, 9.17) is 0 Å². The first-order chi connectivity index (χ1) is 14.6. The second-order valence-electron chi connectivity index (χ2n) is 7.32. The average molecular weight is 456 g/mol. The molecule has 0 radical (unpaired) electrons. The van der Waals surface area contributed by atoms with Gasteiger partial charge in [-0.3, -0.25) is 4.79 Å². The third kappa shape index (κ3) is 6.44. The monoisotopic (exact) mass is 455 g/mol. The predicted octanol–water partition coefficient (Wildman–Crippen LogP) is 4.00. The van der Waals surface area contributed by atoms with Crippen molar-refractivity contribution in [1.29, 1.82) is 0 Å². The number of carbonyl (C=O) groups excluding carboxylic acids is 1. The molecule has 3 rings (SSSR count). The van der Waals surface area contributed by atoms with Crippen molar-refractivity contribution < 1.29 is 26.4 Å². The van der Waals surface area contributed by atoms with Crippen molar-refractivity contribution in [2.75, 3.05) is 29.9 Å². The summed E-state index contributed by atoms with van der Waals surface area (Å²) >= 11 is 0. The smallest absolute Gasteiger partial charge is 0.372 e. The van der Waals surface area contributed by atoms with E-state index in [1.54, 1.807) is 0 Å². The number of nitrogens with zero attached hydrogens (tertiary/aromatic N) is 1. The molecule has 1 aliphatic heterocycles. The fourth-order valence-corrected chi connectivity index (χ4v) is 4.45. The summed E-state index contributed by atoms with van der Waals surface area (Å²) in [6, 6.07) is 11.1. The number of amides is 1. The van der Waals surface area contributed by atoms with Crippen LogP contribution in [0.5, 0.6) is 0 Å². The lowest BCUT2D eigenvalue weighted by Crippen LogP contribution is -2.26. The number of anilines is 2. The quantitative estimate of drug-likeness (QED) is 0.590. The Morgan fingerprint density at radius 2 is 1.71 bits per heavy atom. The molecule has 0 unspecified atom stereocenters. The molecule has 0 aromatic heterocycles. The number of benzene rings is 2. The summed E-state index contributed by atoms with van der Waals surface area (Å²) in [5, 5.41) is 2.75. The molecule has 0 spiro atoms. The van der Waals surface area contributed by atoms with Crippen LogP contribution in [0.25, 0.3) is 0 Å². The zero-order chi connectivity index (χ0) is 22.5. The highest BCUT2D eigenvalue weighted by atomic mass is 32.2. The lowest BCUT2D eigenvalue weighted by atomic mass is 10.2. The third-order valence-corrected chi connectivity index (χ3v) is 6.43. The minimum atomic E-state index is -4.63. The molecule has 0 bridgehead atoms. The molecule has 10 heteroatoms. The molecule has 1 aliphatic rings. The molecule has 0 atom stereocenters. The molecular formula is C21H24F3N3O3S. The van der Waals surface area contributed by atoms with Gasteiger partial charge in [-0.05, 0) is 61.7 Å². The van der Waals surface area contributed by atoms with Gasteiger partial charge in [0.05, 0.1) is 10.5 Å². The molecule has 168 valence electrons. The van der Waals surface area contributed by atoms with E-state index < -0.39 is 26.7 Å². The first kappa shape index (κ1) is 23.1. The number of halogens is 3. The van der Waals surface area contributed by atoms with Crippen LogP contribution < -0.4 is 14.9 Å². The maximum atomic E-state index is 12.8. The Morgan fingerprint density at radius 3 is 2.35 bits per heavy atom. The van der Waals surface area contributed by atoms with E-state index in [0.29, 0.717) is 11.8 Å². The SMILES string of the molecule is O=C(CCCNS(=O)(=O)c1cccc(C(F)(F)F)c1)Nc1ccc(N2CCCC2)cc1. The van der Waals surface area contributed by atoms with Crippen molar-refractivity contribution in [2.45, 2.75) is 36.8 Å². The number of alkyl halides is 3. The van der Waals surface area contributed by atoms with Crippen molar-refractivity contribution in [3.05, 3.63) is 54.1 Å². The van der Waals surface area contributed by atoms with Gasteiger partial charge in [0.2, 0.25) is 15.9 Å². The second-order valence-corrected chi connectivity index (χ2v) is 9.08. The number of carbonyl (C=O) groups is 1. The molecule has 1 heterocycles. The Balaban J connectivity index is 1.45. The molecular weight excluding hydrogens is 431 g/mol. The molecule has 1 fully saturated rings. The van der Waals surface area contributed by atoms with Gasteiger partial charge >= 0.3 is 6.18 Å². The third-order valence-electron chi connectivity index (χ3n) is 4.97. The Morgan fingerprint density at radius 1 is 1.03 bits per heavy atom. The summed E-state index contributed by atoms with van der Waals surface area (Å²) in [5.41, 5.74) is 0.725. The molecule has 2 aromatic rings. The Kier molecular flexibility index (Phi) is 7.22. The van der Waals surface area contributed by atoms with Crippen LogP contribution in [0.1, 0.15) is 31.2 Å². The number of hydrogen-bond donors (Lipinski definition) is 2. The highest BCUT2D eigenvalue weighted by Gasteiger charge is 2.31. The normalized spacial score (nSPS) is 14.6. The van der Waals surface area contributed by atoms with Crippen LogP contribution in [0, 0.1) is 0 Å². The summed E-state index contributed by atoms with van der Waals surface area (Å²) in [6.07, 6.45) is -2.00. The van der Waals surface area contributed by atoms with Gasteiger partial charge in [0.15, 0.2) is 0 Å². The Hall–Kier alpha value is -2.59. The average Bonchev–Trinajstić information content (AvgIpc) is 3.26. The number of sulfonamides is 1. The first-order valence-electron chi connectivity index (χ1n) is 9.97. The summed E-state index contributed by atoms with van der Waals surface area (Å²) in [5.74, 6) is -0.271. The molecule has 2 aromatic carbocycles. The maximum absolute atomic E-state index is 12.8. The Bertz CT molecular complexity index is 1000. The van der Waals surface area contributed by atoms with Crippen molar-refractivity contribution in [3.8, 4) is 0 Å². The summed E-state index contributed by atoms with van der Waals surface area (Å²) in [6.45, 7) is 1.99. The molecule has 0 saturated carbocycles. The van der Waals surface area contributed by atoms with E-state index in [1.165, 1.54) is 12.8 Å². The van der Waals surface area contributed by atoms with Gasteiger partial charge in [-0.2, -0.15) is 13.2 Å². The van der Waals surface area contributed by atoms with Gasteiger partial charge in [-0.1, -0.05) is 6.07 Å². The molecule has 1 saturated heterocycles. The largest absolute Gasteiger partial charge is 0.416 e. The van der Waals surface area contributed by atoms with Crippen LogP contribution in [-0.4, -0.2) is 34.0 Å². The van der Waals surface area contributed by atoms with E-state index in [9.17, 15) is 26.4 Å². The highest BCUT2D eigenvalue weighted by Crippen LogP contribution is 2.30. The highest BCUT2D eigenvalue weighted by molar-refractivity contribution is 7.89. The van der Waals surface area contributed by atoms with Crippen LogP contribution >= 0.6 is 0 Å². The maximum Gasteiger partial charge on any atom is 0.416 e. The van der Waals surface area contributed by atoms with Crippen LogP contribution in [0.15, 0.2) is 53.4 Å². The van der Waals surface area contributed by atoms with Crippen molar-refractivity contribution in [3.63, 3.8) is 0 Å². The summed E-state index contributed by atoms with van der Waals surface area (Å²) in [7, 11) is -4.10. The lowest BCUT2D eigenvalue weighted by molar-refractivity contribution is -0.137. The molecule has 31 heavy (non-hydrogen) atoms. The van der Waals surface area contributed by atoms with Gasteiger partial charge in [0.1, 0.15) is 0 Å². The Labute approximate surface area is 179 Å². The van der Waals surface area contributed by atoms with Gasteiger partial charge < -0.3 is 10.2 Å². The van der Waals surface area contributed by atoms with Gasteiger partial charge in [-0.15, -0.1) is 0 Å². The van der Waals surface area contributed by atoms with Crippen molar-refractivity contribution >= 4 is 27.3 Å². The zero-order valence-corrected chi connectivity index (χ0v) is 17.6. The molecule has 1 amide bonds. The van der Waals surface area contributed by atoms with Crippen molar-refractivity contribution in [2.24, 2.45) is 0 Å². The fraction of sp³-hybridized carbons (Fsp3) is 0.381. The minimum Gasteiger partial charge on any atom is -0.372 e. The number of hydrogen-bond acceptors (Lipinski definition) is 4.